The van der Waals surface area contributed by atoms with Gasteiger partial charge in [0.2, 0.25) is 0 Å². The number of hydrogen-bond donors (Lipinski definition) is 0. The maximum atomic E-state index is 12.8. The van der Waals surface area contributed by atoms with Gasteiger partial charge in [0.25, 0.3) is 0 Å². The highest BCUT2D eigenvalue weighted by Crippen LogP contribution is 2.49. The first kappa shape index (κ1) is 13.1. The van der Waals surface area contributed by atoms with E-state index in [2.05, 4.69) is 0 Å². The van der Waals surface area contributed by atoms with E-state index < -0.39 is 10.1 Å². The largest absolute Gasteiger partial charge is 0.373 e. The number of hydrogen-bond acceptors (Lipinski definition) is 1. The fraction of sp³-hybridized carbons (Fsp3) is 0.250. The van der Waals surface area contributed by atoms with Crippen LogP contribution in [0.15, 0.2) is 29.2 Å². The molecule has 0 aliphatic rings. The first-order chi connectivity index (χ1) is 6.72. The van der Waals surface area contributed by atoms with Gasteiger partial charge in [-0.05, 0) is 52.0 Å². The number of benzene rings is 1. The van der Waals surface area contributed by atoms with Crippen molar-refractivity contribution >= 4 is 39.3 Å². The van der Waals surface area contributed by atoms with Gasteiger partial charge >= 0.3 is 10.1 Å². The molecule has 15 heavy (non-hydrogen) atoms. The zero-order valence-corrected chi connectivity index (χ0v) is 10.1. The quantitative estimate of drug-likeness (QED) is 0.428. The van der Waals surface area contributed by atoms with Crippen LogP contribution in [0.25, 0.3) is 0 Å². The molecule has 0 saturated heterocycles. The van der Waals surface area contributed by atoms with E-state index in [0.717, 1.165) is 0 Å². The second-order valence-electron chi connectivity index (χ2n) is 2.57. The normalized spacial score (nSPS) is 12.9. The summed E-state index contributed by atoms with van der Waals surface area (Å²) in [5, 5.41) is -3.85. The van der Waals surface area contributed by atoms with Gasteiger partial charge in [-0.1, -0.05) is 11.6 Å². The average molecular weight is 324 g/mol. The zero-order chi connectivity index (χ0) is 11.7. The molecule has 7 heteroatoms. The molecular weight excluding hydrogens is 320 g/mol. The lowest BCUT2D eigenvalue weighted by Crippen LogP contribution is -2.30. The predicted molar refractivity (Wildman–Crippen MR) is 56.1 cm³/mol. The maximum absolute atomic E-state index is 12.8. The highest BCUT2D eigenvalue weighted by molar-refractivity contribution is 9.10. The second kappa shape index (κ2) is 4.51. The summed E-state index contributed by atoms with van der Waals surface area (Å²) in [6.45, 7) is 0. The topological polar surface area (TPSA) is 0 Å². The van der Waals surface area contributed by atoms with Gasteiger partial charge in [-0.3, -0.25) is 0 Å². The van der Waals surface area contributed by atoms with Crippen molar-refractivity contribution in [1.82, 2.24) is 0 Å². The van der Waals surface area contributed by atoms with Crippen LogP contribution >= 0.6 is 39.3 Å². The molecule has 0 atom stereocenters. The Balaban J connectivity index is 2.82. The fourth-order valence-corrected chi connectivity index (χ4v) is 1.76. The number of thioether (sulfide) groups is 1. The SMILES string of the molecule is FC(F)(Br)C(F)(F)Sc1ccc(Cl)cc1. The predicted octanol–water partition coefficient (Wildman–Crippen LogP) is 5.01. The monoisotopic (exact) mass is 322 g/mol. The third kappa shape index (κ3) is 3.53. The van der Waals surface area contributed by atoms with Crippen LogP contribution in [0, 0.1) is 0 Å². The molecule has 0 nitrogen and oxygen atoms in total. The molecule has 0 saturated carbocycles. The van der Waals surface area contributed by atoms with E-state index in [4.69, 9.17) is 11.6 Å². The number of halogens is 6. The van der Waals surface area contributed by atoms with E-state index in [1.165, 1.54) is 24.3 Å². The van der Waals surface area contributed by atoms with E-state index in [9.17, 15) is 17.6 Å². The zero-order valence-electron chi connectivity index (χ0n) is 6.99. The summed E-state index contributed by atoms with van der Waals surface area (Å²) in [5.74, 6) is 0. The number of alkyl halides is 5. The lowest BCUT2D eigenvalue weighted by molar-refractivity contribution is -0.0779. The van der Waals surface area contributed by atoms with Crippen molar-refractivity contribution in [1.29, 1.82) is 0 Å². The minimum absolute atomic E-state index is 0.0172. The summed E-state index contributed by atoms with van der Waals surface area (Å²) in [6.07, 6.45) is 0. The fourth-order valence-electron chi connectivity index (χ4n) is 0.709. The number of rotatable bonds is 3. The first-order valence-electron chi connectivity index (χ1n) is 3.61. The molecule has 1 aromatic carbocycles. The summed E-state index contributed by atoms with van der Waals surface area (Å²) >= 11 is 6.93. The van der Waals surface area contributed by atoms with Gasteiger partial charge in [0.05, 0.1) is 0 Å². The molecule has 0 spiro atoms. The Hall–Kier alpha value is 0.0600. The highest BCUT2D eigenvalue weighted by Gasteiger charge is 2.55. The van der Waals surface area contributed by atoms with Gasteiger partial charge < -0.3 is 0 Å². The van der Waals surface area contributed by atoms with Crippen LogP contribution in [0.5, 0.6) is 0 Å². The van der Waals surface area contributed by atoms with Gasteiger partial charge in [-0.15, -0.1) is 0 Å². The summed E-state index contributed by atoms with van der Waals surface area (Å²) in [5.41, 5.74) is 0. The summed E-state index contributed by atoms with van der Waals surface area (Å²) in [6, 6.07) is 5.21. The molecule has 0 aliphatic heterocycles. The molecule has 1 rings (SSSR count). The van der Waals surface area contributed by atoms with Crippen molar-refractivity contribution in [2.75, 3.05) is 0 Å². The lowest BCUT2D eigenvalue weighted by atomic mass is 10.4. The lowest BCUT2D eigenvalue weighted by Gasteiger charge is -2.20. The van der Waals surface area contributed by atoms with Gasteiger partial charge in [0.1, 0.15) is 0 Å². The Kier molecular flexibility index (Phi) is 3.95. The Labute approximate surface area is 101 Å². The van der Waals surface area contributed by atoms with Crippen LogP contribution in [-0.4, -0.2) is 10.1 Å². The van der Waals surface area contributed by atoms with E-state index >= 15 is 0 Å². The molecule has 0 bridgehead atoms. The van der Waals surface area contributed by atoms with E-state index in [-0.39, 0.29) is 16.7 Å². The Morgan fingerprint density at radius 1 is 1.07 bits per heavy atom. The van der Waals surface area contributed by atoms with Gasteiger partial charge in [-0.25, -0.2) is 0 Å². The van der Waals surface area contributed by atoms with Crippen molar-refractivity contribution in [3.05, 3.63) is 29.3 Å². The van der Waals surface area contributed by atoms with Crippen LogP contribution in [0.3, 0.4) is 0 Å². The van der Waals surface area contributed by atoms with E-state index in [1.54, 1.807) is 15.9 Å². The summed E-state index contributed by atoms with van der Waals surface area (Å²) in [4.78, 5) is -4.23. The third-order valence-electron chi connectivity index (χ3n) is 1.39. The van der Waals surface area contributed by atoms with E-state index in [1.807, 2.05) is 0 Å². The molecule has 84 valence electrons. The molecule has 1 aromatic rings. The summed E-state index contributed by atoms with van der Waals surface area (Å²) < 4.78 is 50.5. The average Bonchev–Trinajstić information content (AvgIpc) is 2.06. The smallest absolute Gasteiger partial charge is 0.186 e. The minimum atomic E-state index is -4.25. The molecule has 0 fully saturated rings. The molecule has 0 heterocycles. The van der Waals surface area contributed by atoms with Crippen molar-refractivity contribution in [2.24, 2.45) is 0 Å². The molecule has 0 aliphatic carbocycles. The molecule has 0 radical (unpaired) electrons. The third-order valence-corrected chi connectivity index (χ3v) is 3.42. The van der Waals surface area contributed by atoms with Crippen LogP contribution in [0.2, 0.25) is 5.02 Å². The van der Waals surface area contributed by atoms with Crippen LogP contribution in [0.4, 0.5) is 17.6 Å². The Bertz CT molecular complexity index is 335. The van der Waals surface area contributed by atoms with E-state index in [0.29, 0.717) is 5.02 Å². The van der Waals surface area contributed by atoms with Crippen molar-refractivity contribution in [3.8, 4) is 0 Å². The van der Waals surface area contributed by atoms with Crippen LogP contribution in [-0.2, 0) is 0 Å². The van der Waals surface area contributed by atoms with Gasteiger partial charge in [-0.2, -0.15) is 17.6 Å². The van der Waals surface area contributed by atoms with Crippen molar-refractivity contribution in [3.63, 3.8) is 0 Å². The Morgan fingerprint density at radius 2 is 1.53 bits per heavy atom. The van der Waals surface area contributed by atoms with Crippen LogP contribution < -0.4 is 0 Å². The highest BCUT2D eigenvalue weighted by atomic mass is 79.9. The molecule has 0 amide bonds. The van der Waals surface area contributed by atoms with Gasteiger partial charge in [0, 0.05) is 9.92 Å². The first-order valence-corrected chi connectivity index (χ1v) is 5.60. The summed E-state index contributed by atoms with van der Waals surface area (Å²) in [7, 11) is 0. The molecule has 0 N–H and O–H groups in total. The van der Waals surface area contributed by atoms with Crippen LogP contribution in [0.1, 0.15) is 0 Å². The molecule has 0 unspecified atom stereocenters. The minimum Gasteiger partial charge on any atom is -0.186 e. The maximum Gasteiger partial charge on any atom is 0.373 e. The van der Waals surface area contributed by atoms with Gasteiger partial charge in [0.15, 0.2) is 0 Å². The Morgan fingerprint density at radius 3 is 1.93 bits per heavy atom. The molecular formula is C8H4BrClF4S. The molecule has 0 aromatic heterocycles. The van der Waals surface area contributed by atoms with Crippen molar-refractivity contribution in [2.45, 2.75) is 15.0 Å². The standard InChI is InChI=1S/C8H4BrClF4S/c9-7(11,12)8(13,14)15-6-3-1-5(10)2-4-6/h1-4H. The van der Waals surface area contributed by atoms with Crippen molar-refractivity contribution < 1.29 is 17.6 Å². The second-order valence-corrected chi connectivity index (χ2v) is 5.19.